The minimum atomic E-state index is -0.361. The number of carbonyl (C=O) groups is 2. The third kappa shape index (κ3) is 7.83. The maximum Gasteiger partial charge on any atom is 0.286 e. The SMILES string of the molecule is CCCCCCCCCCN1CCC(/C=C/C(=O)NNC(=O)c2cc3ccccc3[nH]2)C1. The van der Waals surface area contributed by atoms with Gasteiger partial charge < -0.3 is 9.88 Å². The molecule has 1 unspecified atom stereocenters. The summed E-state index contributed by atoms with van der Waals surface area (Å²) in [7, 11) is 0. The van der Waals surface area contributed by atoms with E-state index in [1.54, 1.807) is 6.07 Å². The zero-order valence-corrected chi connectivity index (χ0v) is 19.4. The van der Waals surface area contributed by atoms with Gasteiger partial charge in [-0.3, -0.25) is 20.4 Å². The lowest BCUT2D eigenvalue weighted by Crippen LogP contribution is -2.41. The molecule has 1 atom stereocenters. The first-order valence-electron chi connectivity index (χ1n) is 12.2. The predicted molar refractivity (Wildman–Crippen MR) is 130 cm³/mol. The van der Waals surface area contributed by atoms with E-state index in [2.05, 4.69) is 27.7 Å². The first-order valence-corrected chi connectivity index (χ1v) is 12.2. The number of nitrogens with one attached hydrogen (secondary N) is 3. The molecule has 174 valence electrons. The number of aromatic nitrogens is 1. The van der Waals surface area contributed by atoms with Crippen molar-refractivity contribution in [2.45, 2.75) is 64.7 Å². The predicted octanol–water partition coefficient (Wildman–Crippen LogP) is 4.95. The highest BCUT2D eigenvalue weighted by Crippen LogP contribution is 2.18. The van der Waals surface area contributed by atoms with Crippen molar-refractivity contribution in [3.05, 3.63) is 48.2 Å². The van der Waals surface area contributed by atoms with Crippen LogP contribution in [0.25, 0.3) is 10.9 Å². The number of carbonyl (C=O) groups excluding carboxylic acids is 2. The van der Waals surface area contributed by atoms with Crippen LogP contribution in [0.4, 0.5) is 0 Å². The smallest absolute Gasteiger partial charge is 0.286 e. The Kier molecular flexibility index (Phi) is 9.82. The highest BCUT2D eigenvalue weighted by Gasteiger charge is 2.20. The first kappa shape index (κ1) is 24.1. The number of hydrogen-bond donors (Lipinski definition) is 3. The molecule has 0 radical (unpaired) electrons. The van der Waals surface area contributed by atoms with Crippen LogP contribution < -0.4 is 10.9 Å². The topological polar surface area (TPSA) is 77.2 Å². The van der Waals surface area contributed by atoms with Gasteiger partial charge in [0, 0.05) is 23.5 Å². The van der Waals surface area contributed by atoms with Crippen LogP contribution >= 0.6 is 0 Å². The van der Waals surface area contributed by atoms with Gasteiger partial charge in [0.15, 0.2) is 0 Å². The van der Waals surface area contributed by atoms with Crippen molar-refractivity contribution in [2.75, 3.05) is 19.6 Å². The molecule has 6 nitrogen and oxygen atoms in total. The Balaban J connectivity index is 1.28. The summed E-state index contributed by atoms with van der Waals surface area (Å²) in [5.74, 6) is -0.268. The number of fused-ring (bicyclic) bond motifs is 1. The van der Waals surface area contributed by atoms with Gasteiger partial charge in [-0.1, -0.05) is 76.1 Å². The second-order valence-corrected chi connectivity index (χ2v) is 8.90. The van der Waals surface area contributed by atoms with Gasteiger partial charge in [-0.15, -0.1) is 0 Å². The Morgan fingerprint density at radius 1 is 1.06 bits per heavy atom. The molecule has 2 heterocycles. The van der Waals surface area contributed by atoms with Gasteiger partial charge >= 0.3 is 0 Å². The monoisotopic (exact) mass is 438 g/mol. The minimum absolute atomic E-state index is 0.309. The summed E-state index contributed by atoms with van der Waals surface area (Å²) in [6.07, 6.45) is 15.4. The fraction of sp³-hybridized carbons (Fsp3) is 0.538. The Labute approximate surface area is 191 Å². The van der Waals surface area contributed by atoms with E-state index in [1.165, 1.54) is 57.4 Å². The number of H-pyrrole nitrogens is 1. The maximum atomic E-state index is 12.2. The molecule has 3 N–H and O–H groups in total. The van der Waals surface area contributed by atoms with Crippen LogP contribution in [0.15, 0.2) is 42.5 Å². The lowest BCUT2D eigenvalue weighted by Gasteiger charge is -2.14. The molecule has 1 aromatic carbocycles. The van der Waals surface area contributed by atoms with E-state index in [0.29, 0.717) is 11.6 Å². The lowest BCUT2D eigenvalue weighted by atomic mass is 10.1. The molecule has 1 fully saturated rings. The summed E-state index contributed by atoms with van der Waals surface area (Å²) in [5.41, 5.74) is 6.25. The first-order chi connectivity index (χ1) is 15.7. The van der Waals surface area contributed by atoms with Gasteiger partial charge in [0.25, 0.3) is 11.8 Å². The number of likely N-dealkylation sites (tertiary alicyclic amines) is 1. The number of para-hydroxylation sites is 1. The van der Waals surface area contributed by atoms with Gasteiger partial charge in [0.2, 0.25) is 0 Å². The Bertz CT molecular complexity index is 856. The van der Waals surface area contributed by atoms with Crippen LogP contribution in [0.3, 0.4) is 0 Å². The van der Waals surface area contributed by atoms with Gasteiger partial charge in [-0.25, -0.2) is 0 Å². The van der Waals surface area contributed by atoms with E-state index >= 15 is 0 Å². The number of amides is 2. The van der Waals surface area contributed by atoms with E-state index < -0.39 is 0 Å². The fourth-order valence-corrected chi connectivity index (χ4v) is 4.34. The van der Waals surface area contributed by atoms with Crippen LogP contribution in [-0.4, -0.2) is 41.3 Å². The molecule has 6 heteroatoms. The molecule has 1 aromatic heterocycles. The number of hydrogen-bond acceptors (Lipinski definition) is 3. The standard InChI is InChI=1S/C26H38N4O2/c1-2-3-4-5-6-7-8-11-17-30-18-16-21(20-30)14-15-25(31)28-29-26(32)24-19-22-12-9-10-13-23(22)27-24/h9-10,12-15,19,21,27H,2-8,11,16-18,20H2,1H3,(H,28,31)(H,29,32)/b15-14+. The fourth-order valence-electron chi connectivity index (χ4n) is 4.34. The molecule has 32 heavy (non-hydrogen) atoms. The molecular formula is C26H38N4O2. The number of nitrogens with zero attached hydrogens (tertiary/aromatic N) is 1. The minimum Gasteiger partial charge on any atom is -0.350 e. The molecule has 0 aliphatic carbocycles. The van der Waals surface area contributed by atoms with Gasteiger partial charge in [-0.05, 0) is 44.0 Å². The maximum absolute atomic E-state index is 12.2. The van der Waals surface area contributed by atoms with Crippen LogP contribution in [0.2, 0.25) is 0 Å². The molecule has 0 spiro atoms. The zero-order chi connectivity index (χ0) is 22.6. The van der Waals surface area contributed by atoms with Crippen molar-refractivity contribution < 1.29 is 9.59 Å². The number of aromatic amines is 1. The Hall–Kier alpha value is -2.60. The van der Waals surface area contributed by atoms with Gasteiger partial charge in [0.1, 0.15) is 5.69 Å². The van der Waals surface area contributed by atoms with Gasteiger partial charge in [-0.2, -0.15) is 0 Å². The Morgan fingerprint density at radius 2 is 1.81 bits per heavy atom. The largest absolute Gasteiger partial charge is 0.350 e. The van der Waals surface area contributed by atoms with E-state index in [0.717, 1.165) is 37.0 Å². The average molecular weight is 439 g/mol. The molecule has 1 aliphatic rings. The van der Waals surface area contributed by atoms with E-state index in [4.69, 9.17) is 0 Å². The summed E-state index contributed by atoms with van der Waals surface area (Å²) in [6, 6.07) is 9.44. The van der Waals surface area contributed by atoms with E-state index in [9.17, 15) is 9.59 Å². The van der Waals surface area contributed by atoms with Crippen LogP contribution in [0, 0.1) is 5.92 Å². The highest BCUT2D eigenvalue weighted by atomic mass is 16.2. The van der Waals surface area contributed by atoms with Crippen molar-refractivity contribution in [1.82, 2.24) is 20.7 Å². The summed E-state index contributed by atoms with van der Waals surface area (Å²) in [5, 5.41) is 0.960. The quantitative estimate of drug-likeness (QED) is 0.249. The van der Waals surface area contributed by atoms with Crippen molar-refractivity contribution >= 4 is 22.7 Å². The highest BCUT2D eigenvalue weighted by molar-refractivity contribution is 5.99. The summed E-state index contributed by atoms with van der Waals surface area (Å²) in [4.78, 5) is 29.9. The zero-order valence-electron chi connectivity index (χ0n) is 19.4. The van der Waals surface area contributed by atoms with Crippen molar-refractivity contribution in [3.63, 3.8) is 0 Å². The third-order valence-electron chi connectivity index (χ3n) is 6.23. The number of hydrazine groups is 1. The summed E-state index contributed by atoms with van der Waals surface area (Å²) in [6.45, 7) is 5.53. The third-order valence-corrected chi connectivity index (χ3v) is 6.23. The van der Waals surface area contributed by atoms with Crippen molar-refractivity contribution in [2.24, 2.45) is 5.92 Å². The molecule has 0 bridgehead atoms. The lowest BCUT2D eigenvalue weighted by molar-refractivity contribution is -0.117. The van der Waals surface area contributed by atoms with Crippen LogP contribution in [0.5, 0.6) is 0 Å². The van der Waals surface area contributed by atoms with Crippen molar-refractivity contribution in [1.29, 1.82) is 0 Å². The molecule has 2 aromatic rings. The number of rotatable bonds is 12. The number of unbranched alkanes of at least 4 members (excludes halogenated alkanes) is 7. The second-order valence-electron chi connectivity index (χ2n) is 8.90. The van der Waals surface area contributed by atoms with Crippen molar-refractivity contribution in [3.8, 4) is 0 Å². The summed E-state index contributed by atoms with van der Waals surface area (Å²) < 4.78 is 0. The second kappa shape index (κ2) is 13.1. The molecule has 0 saturated carbocycles. The van der Waals surface area contributed by atoms with Crippen LogP contribution in [0.1, 0.15) is 75.2 Å². The number of benzene rings is 1. The molecule has 3 rings (SSSR count). The molecule has 1 saturated heterocycles. The molecular weight excluding hydrogens is 400 g/mol. The van der Waals surface area contributed by atoms with Gasteiger partial charge in [0.05, 0.1) is 0 Å². The van der Waals surface area contributed by atoms with E-state index in [1.807, 2.05) is 30.3 Å². The normalized spacial score (nSPS) is 16.7. The molecule has 1 aliphatic heterocycles. The van der Waals surface area contributed by atoms with Crippen LogP contribution in [-0.2, 0) is 4.79 Å². The molecule has 2 amide bonds. The van der Waals surface area contributed by atoms with E-state index in [-0.39, 0.29) is 11.8 Å². The average Bonchev–Trinajstić information content (AvgIpc) is 3.44. The Morgan fingerprint density at radius 3 is 2.59 bits per heavy atom. The summed E-state index contributed by atoms with van der Waals surface area (Å²) >= 11 is 0.